The highest BCUT2D eigenvalue weighted by molar-refractivity contribution is 5.80. The standard InChI is InChI=1S/C17H28O4/c1-4-20-16(18)12-15(17(19)21-5-2)13(3)11-14-9-7-6-8-10-14/h11,13,15H,4-10,12H2,1-3H3. The number of rotatable bonds is 7. The molecule has 1 saturated carbocycles. The van der Waals surface area contributed by atoms with E-state index >= 15 is 0 Å². The summed E-state index contributed by atoms with van der Waals surface area (Å²) in [4.78, 5) is 23.8. The summed E-state index contributed by atoms with van der Waals surface area (Å²) in [6, 6.07) is 0. The molecule has 0 amide bonds. The van der Waals surface area contributed by atoms with Crippen molar-refractivity contribution in [2.24, 2.45) is 11.8 Å². The van der Waals surface area contributed by atoms with Gasteiger partial charge in [-0.15, -0.1) is 0 Å². The first-order valence-electron chi connectivity index (χ1n) is 8.10. The van der Waals surface area contributed by atoms with Gasteiger partial charge in [0.05, 0.1) is 25.6 Å². The second kappa shape index (κ2) is 9.59. The summed E-state index contributed by atoms with van der Waals surface area (Å²) >= 11 is 0. The zero-order chi connectivity index (χ0) is 15.7. The van der Waals surface area contributed by atoms with E-state index in [1.54, 1.807) is 13.8 Å². The van der Waals surface area contributed by atoms with E-state index in [9.17, 15) is 9.59 Å². The van der Waals surface area contributed by atoms with Gasteiger partial charge in [-0.05, 0) is 45.4 Å². The fraction of sp³-hybridized carbons (Fsp3) is 0.765. The Morgan fingerprint density at radius 2 is 1.71 bits per heavy atom. The first-order valence-corrected chi connectivity index (χ1v) is 8.10. The van der Waals surface area contributed by atoms with Crippen LogP contribution in [0.25, 0.3) is 0 Å². The number of ether oxygens (including phenoxy) is 2. The van der Waals surface area contributed by atoms with Crippen molar-refractivity contribution in [3.05, 3.63) is 11.6 Å². The molecular formula is C17H28O4. The maximum Gasteiger partial charge on any atom is 0.310 e. The van der Waals surface area contributed by atoms with Crippen molar-refractivity contribution < 1.29 is 19.1 Å². The van der Waals surface area contributed by atoms with E-state index in [0.717, 1.165) is 12.8 Å². The Labute approximate surface area is 127 Å². The summed E-state index contributed by atoms with van der Waals surface area (Å²) in [6.07, 6.45) is 8.22. The normalized spacial score (nSPS) is 17.8. The van der Waals surface area contributed by atoms with Crippen LogP contribution in [0.2, 0.25) is 0 Å². The topological polar surface area (TPSA) is 52.6 Å². The van der Waals surface area contributed by atoms with Crippen LogP contribution in [0.15, 0.2) is 11.6 Å². The molecule has 1 rings (SSSR count). The van der Waals surface area contributed by atoms with Gasteiger partial charge in [-0.1, -0.05) is 25.0 Å². The van der Waals surface area contributed by atoms with Gasteiger partial charge in [-0.25, -0.2) is 0 Å². The third kappa shape index (κ3) is 6.32. The first-order chi connectivity index (χ1) is 10.1. The van der Waals surface area contributed by atoms with Crippen molar-refractivity contribution >= 4 is 11.9 Å². The Hall–Kier alpha value is -1.32. The quantitative estimate of drug-likeness (QED) is 0.531. The molecule has 1 aliphatic carbocycles. The van der Waals surface area contributed by atoms with E-state index < -0.39 is 5.92 Å². The molecule has 0 radical (unpaired) electrons. The van der Waals surface area contributed by atoms with Crippen LogP contribution >= 0.6 is 0 Å². The summed E-state index contributed by atoms with van der Waals surface area (Å²) in [7, 11) is 0. The zero-order valence-corrected chi connectivity index (χ0v) is 13.5. The highest BCUT2D eigenvalue weighted by atomic mass is 16.5. The van der Waals surface area contributed by atoms with Crippen LogP contribution in [0.5, 0.6) is 0 Å². The Balaban J connectivity index is 2.73. The molecule has 0 bridgehead atoms. The Morgan fingerprint density at radius 1 is 1.10 bits per heavy atom. The molecule has 2 atom stereocenters. The molecule has 21 heavy (non-hydrogen) atoms. The fourth-order valence-electron chi connectivity index (χ4n) is 2.79. The Morgan fingerprint density at radius 3 is 2.29 bits per heavy atom. The van der Waals surface area contributed by atoms with Crippen molar-refractivity contribution in [2.45, 2.75) is 59.3 Å². The van der Waals surface area contributed by atoms with Gasteiger partial charge in [0, 0.05) is 0 Å². The lowest BCUT2D eigenvalue weighted by atomic mass is 9.86. The molecule has 0 heterocycles. The maximum absolute atomic E-state index is 12.1. The average molecular weight is 296 g/mol. The lowest BCUT2D eigenvalue weighted by Crippen LogP contribution is -2.27. The van der Waals surface area contributed by atoms with Crippen molar-refractivity contribution in [1.82, 2.24) is 0 Å². The average Bonchev–Trinajstić information content (AvgIpc) is 2.46. The molecule has 0 aromatic carbocycles. The highest BCUT2D eigenvalue weighted by Crippen LogP contribution is 2.28. The minimum Gasteiger partial charge on any atom is -0.466 e. The number of hydrogen-bond acceptors (Lipinski definition) is 4. The van der Waals surface area contributed by atoms with Crippen LogP contribution in [0, 0.1) is 11.8 Å². The van der Waals surface area contributed by atoms with Gasteiger partial charge < -0.3 is 9.47 Å². The van der Waals surface area contributed by atoms with Crippen LogP contribution in [-0.4, -0.2) is 25.2 Å². The SMILES string of the molecule is CCOC(=O)CC(C(=O)OCC)C(C)C=C1CCCCC1. The van der Waals surface area contributed by atoms with Crippen molar-refractivity contribution in [3.63, 3.8) is 0 Å². The van der Waals surface area contributed by atoms with Crippen LogP contribution in [0.3, 0.4) is 0 Å². The van der Waals surface area contributed by atoms with E-state index in [4.69, 9.17) is 9.47 Å². The monoisotopic (exact) mass is 296 g/mol. The van der Waals surface area contributed by atoms with Gasteiger partial charge in [-0.2, -0.15) is 0 Å². The van der Waals surface area contributed by atoms with Gasteiger partial charge in [0.2, 0.25) is 0 Å². The third-order valence-corrected chi connectivity index (χ3v) is 3.91. The third-order valence-electron chi connectivity index (χ3n) is 3.91. The summed E-state index contributed by atoms with van der Waals surface area (Å²) < 4.78 is 10.1. The zero-order valence-electron chi connectivity index (χ0n) is 13.5. The molecule has 1 aliphatic rings. The molecular weight excluding hydrogens is 268 g/mol. The lowest BCUT2D eigenvalue weighted by molar-refractivity contribution is -0.156. The summed E-state index contributed by atoms with van der Waals surface area (Å²) in [5.41, 5.74) is 1.41. The lowest BCUT2D eigenvalue weighted by Gasteiger charge is -2.22. The van der Waals surface area contributed by atoms with Crippen LogP contribution in [-0.2, 0) is 19.1 Å². The number of hydrogen-bond donors (Lipinski definition) is 0. The van der Waals surface area contributed by atoms with E-state index in [1.165, 1.54) is 24.8 Å². The molecule has 4 heteroatoms. The van der Waals surface area contributed by atoms with Crippen molar-refractivity contribution in [3.8, 4) is 0 Å². The minimum atomic E-state index is -0.446. The molecule has 0 aromatic rings. The molecule has 1 fully saturated rings. The summed E-state index contributed by atoms with van der Waals surface area (Å²) in [6.45, 7) is 6.21. The largest absolute Gasteiger partial charge is 0.466 e. The number of carbonyl (C=O) groups is 2. The predicted molar refractivity (Wildman–Crippen MR) is 81.7 cm³/mol. The van der Waals surface area contributed by atoms with Crippen molar-refractivity contribution in [1.29, 1.82) is 0 Å². The molecule has 0 saturated heterocycles. The molecule has 120 valence electrons. The predicted octanol–water partition coefficient (Wildman–Crippen LogP) is 3.65. The summed E-state index contributed by atoms with van der Waals surface area (Å²) in [5.74, 6) is -1.07. The van der Waals surface area contributed by atoms with Gasteiger partial charge in [0.1, 0.15) is 0 Å². The minimum absolute atomic E-state index is 0.00144. The number of carbonyl (C=O) groups excluding carboxylic acids is 2. The van der Waals surface area contributed by atoms with Gasteiger partial charge >= 0.3 is 11.9 Å². The van der Waals surface area contributed by atoms with E-state index in [-0.39, 0.29) is 24.3 Å². The molecule has 4 nitrogen and oxygen atoms in total. The second-order valence-corrected chi connectivity index (χ2v) is 5.61. The molecule has 2 unspecified atom stereocenters. The number of allylic oxidation sites excluding steroid dienone is 2. The molecule has 0 spiro atoms. The second-order valence-electron chi connectivity index (χ2n) is 5.61. The first kappa shape index (κ1) is 17.7. The Bertz CT molecular complexity index is 365. The highest BCUT2D eigenvalue weighted by Gasteiger charge is 2.28. The van der Waals surface area contributed by atoms with Crippen LogP contribution < -0.4 is 0 Å². The van der Waals surface area contributed by atoms with Gasteiger partial charge in [0.15, 0.2) is 0 Å². The van der Waals surface area contributed by atoms with E-state index in [1.807, 2.05) is 6.92 Å². The molecule has 0 N–H and O–H groups in total. The van der Waals surface area contributed by atoms with E-state index in [2.05, 4.69) is 6.08 Å². The number of esters is 2. The van der Waals surface area contributed by atoms with Crippen molar-refractivity contribution in [2.75, 3.05) is 13.2 Å². The smallest absolute Gasteiger partial charge is 0.310 e. The summed E-state index contributed by atoms with van der Waals surface area (Å²) in [5, 5.41) is 0. The molecule has 0 aromatic heterocycles. The Kier molecular flexibility index (Phi) is 8.09. The van der Waals surface area contributed by atoms with Gasteiger partial charge in [0.25, 0.3) is 0 Å². The fourth-order valence-corrected chi connectivity index (χ4v) is 2.79. The molecule has 0 aliphatic heterocycles. The maximum atomic E-state index is 12.1. The van der Waals surface area contributed by atoms with E-state index in [0.29, 0.717) is 13.2 Å². The van der Waals surface area contributed by atoms with Gasteiger partial charge in [-0.3, -0.25) is 9.59 Å². The van der Waals surface area contributed by atoms with Crippen LogP contribution in [0.1, 0.15) is 59.3 Å². The van der Waals surface area contributed by atoms with Crippen LogP contribution in [0.4, 0.5) is 0 Å².